The van der Waals surface area contributed by atoms with E-state index in [0.29, 0.717) is 0 Å². The number of rotatable bonds is 5. The predicted octanol–water partition coefficient (Wildman–Crippen LogP) is -1.38. The van der Waals surface area contributed by atoms with E-state index in [1.807, 2.05) is 0 Å². The summed E-state index contributed by atoms with van der Waals surface area (Å²) in [6.07, 6.45) is -2.15. The van der Waals surface area contributed by atoms with Gasteiger partial charge in [0, 0.05) is 0 Å². The van der Waals surface area contributed by atoms with Crippen molar-refractivity contribution >= 4 is 11.9 Å². The molecule has 0 rings (SSSR count). The van der Waals surface area contributed by atoms with Crippen LogP contribution < -0.4 is 5.73 Å². The largest absolute Gasteiger partial charge is 0.479 e. The molecular formula is C8H17NO6. The zero-order valence-electron chi connectivity index (χ0n) is 8.46. The van der Waals surface area contributed by atoms with Crippen LogP contribution in [0.3, 0.4) is 0 Å². The number of unbranched alkanes of at least 4 members (excludes halogenated alkanes) is 1. The number of aliphatic carboxylic acids is 2. The Kier molecular flexibility index (Phi) is 10.2. The van der Waals surface area contributed by atoms with Crippen LogP contribution in [0.15, 0.2) is 0 Å². The minimum atomic E-state index is -2.27. The molecule has 90 valence electrons. The Morgan fingerprint density at radius 2 is 1.47 bits per heavy atom. The van der Waals surface area contributed by atoms with Gasteiger partial charge in [0.1, 0.15) is 0 Å². The first-order valence-corrected chi connectivity index (χ1v) is 4.40. The van der Waals surface area contributed by atoms with Crippen LogP contribution >= 0.6 is 0 Å². The summed E-state index contributed by atoms with van der Waals surface area (Å²) >= 11 is 0. The third-order valence-electron chi connectivity index (χ3n) is 1.36. The number of hydrogen-bond donors (Lipinski definition) is 5. The monoisotopic (exact) mass is 223 g/mol. The molecule has 0 aromatic heterocycles. The lowest BCUT2D eigenvalue weighted by Gasteiger charge is -2.07. The summed E-state index contributed by atoms with van der Waals surface area (Å²) in [6, 6.07) is 0. The predicted molar refractivity (Wildman–Crippen MR) is 51.2 cm³/mol. The Bertz CT molecular complexity index is 176. The van der Waals surface area contributed by atoms with E-state index in [-0.39, 0.29) is 0 Å². The van der Waals surface area contributed by atoms with Gasteiger partial charge in [0.25, 0.3) is 0 Å². The van der Waals surface area contributed by atoms with Crippen molar-refractivity contribution in [3.8, 4) is 0 Å². The third-order valence-corrected chi connectivity index (χ3v) is 1.36. The molecule has 0 aromatic rings. The van der Waals surface area contributed by atoms with Crippen molar-refractivity contribution in [2.75, 3.05) is 6.54 Å². The molecule has 15 heavy (non-hydrogen) atoms. The van der Waals surface area contributed by atoms with Crippen LogP contribution in [-0.4, -0.2) is 51.1 Å². The summed E-state index contributed by atoms with van der Waals surface area (Å²) in [5.74, 6) is -3.54. The topological polar surface area (TPSA) is 141 Å². The normalized spacial score (nSPS) is 13.3. The van der Waals surface area contributed by atoms with E-state index in [9.17, 15) is 9.59 Å². The maximum absolute atomic E-state index is 9.77. The smallest absolute Gasteiger partial charge is 0.335 e. The number of hydrogen-bond acceptors (Lipinski definition) is 5. The highest BCUT2D eigenvalue weighted by atomic mass is 16.4. The molecule has 0 aliphatic rings. The number of aliphatic hydroxyl groups is 2. The second kappa shape index (κ2) is 9.38. The van der Waals surface area contributed by atoms with Crippen LogP contribution in [0.1, 0.15) is 19.8 Å². The first-order valence-electron chi connectivity index (χ1n) is 4.40. The summed E-state index contributed by atoms with van der Waals surface area (Å²) in [7, 11) is 0. The molecule has 0 spiro atoms. The number of nitrogens with two attached hydrogens (primary N) is 1. The van der Waals surface area contributed by atoms with E-state index < -0.39 is 24.1 Å². The van der Waals surface area contributed by atoms with Crippen LogP contribution in [0.4, 0.5) is 0 Å². The highest BCUT2D eigenvalue weighted by molar-refractivity contribution is 5.83. The fraction of sp³-hybridized carbons (Fsp3) is 0.750. The summed E-state index contributed by atoms with van der Waals surface area (Å²) < 4.78 is 0. The Morgan fingerprint density at radius 3 is 1.53 bits per heavy atom. The quantitative estimate of drug-likeness (QED) is 0.387. The van der Waals surface area contributed by atoms with Crippen LogP contribution in [-0.2, 0) is 9.59 Å². The van der Waals surface area contributed by atoms with Gasteiger partial charge in [-0.05, 0) is 13.0 Å². The van der Waals surface area contributed by atoms with Gasteiger partial charge in [-0.3, -0.25) is 0 Å². The van der Waals surface area contributed by atoms with Gasteiger partial charge in [-0.15, -0.1) is 0 Å². The Labute approximate surface area is 87.1 Å². The molecule has 7 nitrogen and oxygen atoms in total. The standard InChI is InChI=1S/C4H11N.C4H6O6/c1-2-3-4-5;5-1(3(7)8)2(6)4(9)10/h2-5H2,1H3;1-2,5-6H,(H,7,8)(H,9,10). The zero-order chi connectivity index (χ0) is 12.4. The van der Waals surface area contributed by atoms with E-state index in [2.05, 4.69) is 6.92 Å². The fourth-order valence-electron chi connectivity index (χ4n) is 0.474. The molecule has 0 saturated carbocycles. The Hall–Kier alpha value is -1.18. The average molecular weight is 223 g/mol. The van der Waals surface area contributed by atoms with Gasteiger partial charge in [0.05, 0.1) is 0 Å². The maximum Gasteiger partial charge on any atom is 0.335 e. The van der Waals surface area contributed by atoms with E-state index >= 15 is 0 Å². The average Bonchev–Trinajstić information content (AvgIpc) is 2.17. The second-order valence-corrected chi connectivity index (χ2v) is 2.71. The molecular weight excluding hydrogens is 206 g/mol. The van der Waals surface area contributed by atoms with Gasteiger partial charge in [-0.25, -0.2) is 9.59 Å². The molecule has 0 aliphatic heterocycles. The molecule has 7 heteroatoms. The van der Waals surface area contributed by atoms with E-state index in [0.717, 1.165) is 6.54 Å². The van der Waals surface area contributed by atoms with Crippen molar-refractivity contribution < 1.29 is 30.0 Å². The fourth-order valence-corrected chi connectivity index (χ4v) is 0.474. The molecule has 0 amide bonds. The van der Waals surface area contributed by atoms with E-state index in [1.54, 1.807) is 0 Å². The molecule has 0 aromatic carbocycles. The minimum absolute atomic E-state index is 0.844. The number of carboxylic acids is 2. The molecule has 0 aliphatic carbocycles. The SMILES string of the molecule is CCCCN.O=C(O)C(O)C(O)C(=O)O. The molecule has 0 radical (unpaired) electrons. The van der Waals surface area contributed by atoms with Crippen molar-refractivity contribution in [3.05, 3.63) is 0 Å². The van der Waals surface area contributed by atoms with E-state index in [4.69, 9.17) is 26.2 Å². The van der Waals surface area contributed by atoms with Crippen molar-refractivity contribution in [1.82, 2.24) is 0 Å². The molecule has 2 atom stereocenters. The second-order valence-electron chi connectivity index (χ2n) is 2.71. The summed E-state index contributed by atoms with van der Waals surface area (Å²) in [6.45, 7) is 2.98. The van der Waals surface area contributed by atoms with Crippen molar-refractivity contribution in [2.45, 2.75) is 32.0 Å². The van der Waals surface area contributed by atoms with Gasteiger partial charge in [-0.2, -0.15) is 0 Å². The molecule has 6 N–H and O–H groups in total. The lowest BCUT2D eigenvalue weighted by atomic mass is 10.2. The van der Waals surface area contributed by atoms with E-state index in [1.165, 1.54) is 12.8 Å². The van der Waals surface area contributed by atoms with Gasteiger partial charge in [0.15, 0.2) is 12.2 Å². The maximum atomic E-state index is 9.77. The van der Waals surface area contributed by atoms with Crippen LogP contribution in [0, 0.1) is 0 Å². The van der Waals surface area contributed by atoms with Gasteiger partial charge in [-0.1, -0.05) is 13.3 Å². The first kappa shape index (κ1) is 16.3. The molecule has 0 saturated heterocycles. The molecule has 0 fully saturated rings. The minimum Gasteiger partial charge on any atom is -0.479 e. The molecule has 0 bridgehead atoms. The highest BCUT2D eigenvalue weighted by Crippen LogP contribution is 1.92. The summed E-state index contributed by atoms with van der Waals surface area (Å²) in [5.41, 5.74) is 5.14. The summed E-state index contributed by atoms with van der Waals surface area (Å²) in [4.78, 5) is 19.5. The molecule has 0 heterocycles. The van der Waals surface area contributed by atoms with Gasteiger partial charge in [0.2, 0.25) is 0 Å². The number of aliphatic hydroxyl groups excluding tert-OH is 2. The van der Waals surface area contributed by atoms with Crippen LogP contribution in [0.2, 0.25) is 0 Å². The highest BCUT2D eigenvalue weighted by Gasteiger charge is 2.29. The zero-order valence-corrected chi connectivity index (χ0v) is 8.46. The first-order chi connectivity index (χ1) is 6.88. The Balaban J connectivity index is 0. The lowest BCUT2D eigenvalue weighted by Crippen LogP contribution is -2.39. The number of carboxylic acid groups (broad SMARTS) is 2. The lowest BCUT2D eigenvalue weighted by molar-refractivity contribution is -0.165. The Morgan fingerprint density at radius 1 is 1.13 bits per heavy atom. The summed E-state index contributed by atoms with van der Waals surface area (Å²) in [5, 5.41) is 32.5. The van der Waals surface area contributed by atoms with Gasteiger partial charge < -0.3 is 26.2 Å². The number of carbonyl (C=O) groups is 2. The van der Waals surface area contributed by atoms with Crippen molar-refractivity contribution in [3.63, 3.8) is 0 Å². The van der Waals surface area contributed by atoms with Crippen LogP contribution in [0.25, 0.3) is 0 Å². The van der Waals surface area contributed by atoms with Gasteiger partial charge >= 0.3 is 11.9 Å². The third kappa shape index (κ3) is 9.13. The van der Waals surface area contributed by atoms with Crippen molar-refractivity contribution in [1.29, 1.82) is 0 Å². The molecule has 2 unspecified atom stereocenters. The van der Waals surface area contributed by atoms with Crippen LogP contribution in [0.5, 0.6) is 0 Å². The van der Waals surface area contributed by atoms with Crippen molar-refractivity contribution in [2.24, 2.45) is 5.73 Å².